The number of nitrogens with zero attached hydrogens (tertiary/aromatic N) is 2. The van der Waals surface area contributed by atoms with Crippen LogP contribution in [0, 0.1) is 0 Å². The number of anilines is 1. The standard InChI is InChI=1S/C6H6N4OS2/c1-13-6-9-4(7)3(8-2-12)5(11)10-6/h1H3,(H3,7,9,10,11). The molecule has 7 heteroatoms. The minimum Gasteiger partial charge on any atom is -0.382 e. The summed E-state index contributed by atoms with van der Waals surface area (Å²) in [6, 6.07) is 0. The second-order valence-corrected chi connectivity index (χ2v) is 2.99. The lowest BCUT2D eigenvalue weighted by molar-refractivity contribution is 0.948. The van der Waals surface area contributed by atoms with Gasteiger partial charge in [-0.1, -0.05) is 11.8 Å². The van der Waals surface area contributed by atoms with Crippen molar-refractivity contribution in [3.05, 3.63) is 10.4 Å². The molecule has 3 N–H and O–H groups in total. The lowest BCUT2D eigenvalue weighted by atomic mass is 10.5. The molecule has 1 heterocycles. The largest absolute Gasteiger partial charge is 0.382 e. The third-order valence-corrected chi connectivity index (χ3v) is 1.92. The van der Waals surface area contributed by atoms with Gasteiger partial charge in [-0.25, -0.2) is 4.98 Å². The molecule has 0 saturated heterocycles. The Morgan fingerprint density at radius 1 is 1.77 bits per heavy atom. The maximum absolute atomic E-state index is 11.2. The van der Waals surface area contributed by atoms with Gasteiger partial charge in [0.2, 0.25) is 0 Å². The van der Waals surface area contributed by atoms with Crippen molar-refractivity contribution in [2.24, 2.45) is 4.99 Å². The Balaban J connectivity index is 3.39. The van der Waals surface area contributed by atoms with Gasteiger partial charge < -0.3 is 5.73 Å². The van der Waals surface area contributed by atoms with Crippen LogP contribution in [0.3, 0.4) is 0 Å². The van der Waals surface area contributed by atoms with Crippen molar-refractivity contribution >= 4 is 40.6 Å². The molecule has 0 bridgehead atoms. The van der Waals surface area contributed by atoms with Crippen LogP contribution >= 0.6 is 24.0 Å². The van der Waals surface area contributed by atoms with E-state index < -0.39 is 5.56 Å². The number of nitrogen functional groups attached to an aromatic ring is 1. The fourth-order valence-electron chi connectivity index (χ4n) is 0.713. The van der Waals surface area contributed by atoms with Crippen molar-refractivity contribution in [3.8, 4) is 0 Å². The van der Waals surface area contributed by atoms with Crippen LogP contribution in [-0.2, 0) is 0 Å². The summed E-state index contributed by atoms with van der Waals surface area (Å²) in [7, 11) is 0. The molecule has 0 saturated carbocycles. The van der Waals surface area contributed by atoms with E-state index in [0.29, 0.717) is 5.16 Å². The second kappa shape index (κ2) is 4.18. The average molecular weight is 214 g/mol. The van der Waals surface area contributed by atoms with E-state index in [9.17, 15) is 4.79 Å². The van der Waals surface area contributed by atoms with Crippen LogP contribution in [0.5, 0.6) is 0 Å². The summed E-state index contributed by atoms with van der Waals surface area (Å²) in [6.07, 6.45) is 1.78. The smallest absolute Gasteiger partial charge is 0.280 e. The van der Waals surface area contributed by atoms with Gasteiger partial charge in [-0.3, -0.25) is 9.78 Å². The predicted molar refractivity (Wildman–Crippen MR) is 55.7 cm³/mol. The first-order valence-electron chi connectivity index (χ1n) is 3.20. The molecule has 1 aromatic heterocycles. The number of nitrogens with one attached hydrogen (secondary N) is 1. The van der Waals surface area contributed by atoms with E-state index in [2.05, 4.69) is 32.3 Å². The van der Waals surface area contributed by atoms with Gasteiger partial charge in [0.25, 0.3) is 5.56 Å². The minimum atomic E-state index is -0.408. The first-order chi connectivity index (χ1) is 6.19. The number of hydrogen-bond acceptors (Lipinski definition) is 6. The van der Waals surface area contributed by atoms with Gasteiger partial charge >= 0.3 is 0 Å². The molecule has 13 heavy (non-hydrogen) atoms. The fraction of sp³-hybridized carbons (Fsp3) is 0.167. The number of thiocarbonyl (C=S) groups is 1. The number of aromatic amines is 1. The van der Waals surface area contributed by atoms with Crippen molar-refractivity contribution < 1.29 is 0 Å². The molecule has 0 aliphatic heterocycles. The van der Waals surface area contributed by atoms with Crippen LogP contribution in [0.25, 0.3) is 0 Å². The van der Waals surface area contributed by atoms with Crippen LogP contribution in [-0.4, -0.2) is 21.4 Å². The highest BCUT2D eigenvalue weighted by Gasteiger charge is 2.06. The van der Waals surface area contributed by atoms with Crippen molar-refractivity contribution in [3.63, 3.8) is 0 Å². The highest BCUT2D eigenvalue weighted by atomic mass is 32.2. The molecular formula is C6H6N4OS2. The molecule has 0 fully saturated rings. The number of isothiocyanates is 1. The Hall–Kier alpha value is -1.17. The van der Waals surface area contributed by atoms with E-state index >= 15 is 0 Å². The lowest BCUT2D eigenvalue weighted by Gasteiger charge is -1.98. The molecular weight excluding hydrogens is 208 g/mol. The van der Waals surface area contributed by atoms with Crippen LogP contribution < -0.4 is 11.3 Å². The van der Waals surface area contributed by atoms with Gasteiger partial charge in [0.05, 0.1) is 5.16 Å². The van der Waals surface area contributed by atoms with Gasteiger partial charge in [-0.2, -0.15) is 4.99 Å². The highest BCUT2D eigenvalue weighted by molar-refractivity contribution is 7.98. The highest BCUT2D eigenvalue weighted by Crippen LogP contribution is 2.15. The Morgan fingerprint density at radius 3 is 2.92 bits per heavy atom. The zero-order chi connectivity index (χ0) is 9.84. The summed E-state index contributed by atoms with van der Waals surface area (Å²) in [5.74, 6) is 0.0606. The molecule has 5 nitrogen and oxygen atoms in total. The molecule has 0 radical (unpaired) electrons. The summed E-state index contributed by atoms with van der Waals surface area (Å²) in [5.41, 5.74) is 5.06. The first kappa shape index (κ1) is 9.91. The molecule has 1 rings (SSSR count). The molecule has 1 aromatic rings. The fourth-order valence-corrected chi connectivity index (χ4v) is 1.19. The van der Waals surface area contributed by atoms with E-state index in [1.54, 1.807) is 6.26 Å². The van der Waals surface area contributed by atoms with Crippen LogP contribution in [0.4, 0.5) is 11.5 Å². The Kier molecular flexibility index (Phi) is 3.18. The van der Waals surface area contributed by atoms with Crippen molar-refractivity contribution in [1.29, 1.82) is 0 Å². The average Bonchev–Trinajstić information content (AvgIpc) is 2.11. The number of hydrogen-bond donors (Lipinski definition) is 2. The van der Waals surface area contributed by atoms with E-state index in [4.69, 9.17) is 5.73 Å². The third kappa shape index (κ3) is 2.15. The summed E-state index contributed by atoms with van der Waals surface area (Å²) >= 11 is 5.65. The number of rotatable bonds is 2. The quantitative estimate of drug-likeness (QED) is 0.329. The molecule has 0 aromatic carbocycles. The second-order valence-electron chi connectivity index (χ2n) is 2.01. The number of nitrogens with two attached hydrogens (primary N) is 1. The van der Waals surface area contributed by atoms with Crippen molar-refractivity contribution in [2.75, 3.05) is 12.0 Å². The SMILES string of the molecule is CSc1nc(N)c(N=C=S)c(=O)[nH]1. The third-order valence-electron chi connectivity index (χ3n) is 1.25. The lowest BCUT2D eigenvalue weighted by Crippen LogP contribution is -2.11. The molecule has 68 valence electrons. The molecule has 0 unspecified atom stereocenters. The predicted octanol–water partition coefficient (Wildman–Crippen LogP) is 0.808. The van der Waals surface area contributed by atoms with Gasteiger partial charge in [0, 0.05) is 0 Å². The normalized spacial score (nSPS) is 9.31. The zero-order valence-corrected chi connectivity index (χ0v) is 8.33. The summed E-state index contributed by atoms with van der Waals surface area (Å²) in [5, 5.41) is 2.51. The number of H-pyrrole nitrogens is 1. The van der Waals surface area contributed by atoms with E-state index in [1.165, 1.54) is 11.8 Å². The number of aromatic nitrogens is 2. The summed E-state index contributed by atoms with van der Waals surface area (Å²) in [4.78, 5) is 21.1. The maximum Gasteiger partial charge on any atom is 0.280 e. The Labute approximate surface area is 83.5 Å². The van der Waals surface area contributed by atoms with Gasteiger partial charge in [-0.15, -0.1) is 0 Å². The van der Waals surface area contributed by atoms with Crippen LogP contribution in [0.15, 0.2) is 14.9 Å². The van der Waals surface area contributed by atoms with E-state index in [1.807, 2.05) is 0 Å². The molecule has 0 amide bonds. The Morgan fingerprint density at radius 2 is 2.46 bits per heavy atom. The van der Waals surface area contributed by atoms with E-state index in [0.717, 1.165) is 0 Å². The zero-order valence-electron chi connectivity index (χ0n) is 6.70. The van der Waals surface area contributed by atoms with Crippen LogP contribution in [0.2, 0.25) is 0 Å². The number of thioether (sulfide) groups is 1. The van der Waals surface area contributed by atoms with Crippen molar-refractivity contribution in [2.45, 2.75) is 5.16 Å². The topological polar surface area (TPSA) is 84.1 Å². The molecule has 0 spiro atoms. The first-order valence-corrected chi connectivity index (χ1v) is 4.84. The summed E-state index contributed by atoms with van der Waals surface area (Å²) in [6.45, 7) is 0. The van der Waals surface area contributed by atoms with Crippen molar-refractivity contribution in [1.82, 2.24) is 9.97 Å². The van der Waals surface area contributed by atoms with E-state index in [-0.39, 0.29) is 11.5 Å². The molecule has 0 aliphatic rings. The minimum absolute atomic E-state index is 0.00722. The maximum atomic E-state index is 11.2. The molecule has 0 aliphatic carbocycles. The van der Waals surface area contributed by atoms with Gasteiger partial charge in [0.1, 0.15) is 0 Å². The van der Waals surface area contributed by atoms with Crippen LogP contribution in [0.1, 0.15) is 0 Å². The Bertz CT molecular complexity index is 421. The van der Waals surface area contributed by atoms with Gasteiger partial charge in [0.15, 0.2) is 16.7 Å². The molecule has 0 atom stereocenters. The monoisotopic (exact) mass is 214 g/mol. The number of aliphatic imine (C=N–C) groups is 1. The van der Waals surface area contributed by atoms with Gasteiger partial charge in [-0.05, 0) is 18.5 Å². The summed E-state index contributed by atoms with van der Waals surface area (Å²) < 4.78 is 0.